The Balaban J connectivity index is 2.73. The van der Waals surface area contributed by atoms with Crippen molar-refractivity contribution >= 4 is 23.1 Å². The molecule has 0 aliphatic carbocycles. The highest BCUT2D eigenvalue weighted by Crippen LogP contribution is 2.48. The minimum Gasteiger partial charge on any atom is -0.211 e. The number of aliphatic imine (C=N–C) groups is 2. The van der Waals surface area contributed by atoms with Crippen LogP contribution in [0.4, 0.5) is 0 Å². The first-order chi connectivity index (χ1) is 6.33. The maximum absolute atomic E-state index is 10.1. The molecule has 0 aromatic heterocycles. The van der Waals surface area contributed by atoms with E-state index in [2.05, 4.69) is 16.9 Å². The van der Waals surface area contributed by atoms with Crippen molar-refractivity contribution < 1.29 is 9.59 Å². The molecule has 0 spiro atoms. The van der Waals surface area contributed by atoms with Crippen molar-refractivity contribution in [2.24, 2.45) is 9.98 Å². The Kier molecular flexibility index (Phi) is 3.90. The lowest BCUT2D eigenvalue weighted by Gasteiger charge is -2.20. The predicted octanol–water partition coefficient (Wildman–Crippen LogP) is 0.939. The van der Waals surface area contributed by atoms with Gasteiger partial charge in [-0.2, -0.15) is 9.98 Å². The Morgan fingerprint density at radius 3 is 2.00 bits per heavy atom. The summed E-state index contributed by atoms with van der Waals surface area (Å²) in [6.45, 7) is 3.78. The van der Waals surface area contributed by atoms with E-state index in [1.807, 2.05) is 0 Å². The van der Waals surface area contributed by atoms with Gasteiger partial charge in [0.1, 0.15) is 0 Å². The third kappa shape index (κ3) is 2.28. The van der Waals surface area contributed by atoms with Gasteiger partial charge in [-0.15, -0.1) is 0 Å². The first-order valence-corrected chi connectivity index (χ1v) is 5.69. The van der Waals surface area contributed by atoms with Crippen LogP contribution in [0, 0.1) is 6.92 Å². The van der Waals surface area contributed by atoms with E-state index in [0.717, 1.165) is 12.8 Å². The van der Waals surface area contributed by atoms with E-state index in [-0.39, 0.29) is 10.7 Å². The first-order valence-electron chi connectivity index (χ1n) is 4.02. The van der Waals surface area contributed by atoms with Gasteiger partial charge in [0.15, 0.2) is 0 Å². The molecular formula is C8H11N2O2S. The van der Waals surface area contributed by atoms with Crippen LogP contribution in [0.25, 0.3) is 0 Å². The van der Waals surface area contributed by atoms with Crippen LogP contribution < -0.4 is 0 Å². The number of hydrogen-bond donors (Lipinski definition) is 1. The number of thiol groups is 1. The van der Waals surface area contributed by atoms with Crippen LogP contribution in [0.2, 0.25) is 0 Å². The van der Waals surface area contributed by atoms with Crippen LogP contribution in [0.1, 0.15) is 12.8 Å². The Morgan fingerprint density at radius 1 is 1.23 bits per heavy atom. The van der Waals surface area contributed by atoms with E-state index in [1.54, 1.807) is 12.2 Å². The van der Waals surface area contributed by atoms with Gasteiger partial charge in [-0.1, -0.05) is 0 Å². The van der Waals surface area contributed by atoms with Crippen LogP contribution in [0.5, 0.6) is 0 Å². The summed E-state index contributed by atoms with van der Waals surface area (Å²) in [4.78, 5) is 27.6. The molecule has 0 aromatic rings. The summed E-state index contributed by atoms with van der Waals surface area (Å²) in [5.74, 6) is 0.695. The van der Waals surface area contributed by atoms with E-state index in [0.29, 0.717) is 5.75 Å². The minimum absolute atomic E-state index is 0.00657. The maximum atomic E-state index is 10.1. The average Bonchev–Trinajstić information content (AvgIpc) is 2.49. The molecule has 0 saturated carbocycles. The SMILES string of the molecule is [CH2]C[SH]1C(N=C=O)CCC1N=C=O. The van der Waals surface area contributed by atoms with Gasteiger partial charge in [-0.25, -0.2) is 20.5 Å². The lowest BCUT2D eigenvalue weighted by molar-refractivity contribution is 0.559. The van der Waals surface area contributed by atoms with E-state index in [9.17, 15) is 9.59 Å². The molecule has 0 amide bonds. The third-order valence-corrected chi connectivity index (χ3v) is 4.91. The van der Waals surface area contributed by atoms with Crippen molar-refractivity contribution in [3.05, 3.63) is 6.92 Å². The number of rotatable bonds is 3. The molecule has 2 unspecified atom stereocenters. The van der Waals surface area contributed by atoms with Gasteiger partial charge in [-0.3, -0.25) is 0 Å². The van der Waals surface area contributed by atoms with Crippen molar-refractivity contribution in [3.63, 3.8) is 0 Å². The molecule has 1 fully saturated rings. The van der Waals surface area contributed by atoms with Gasteiger partial charge >= 0.3 is 0 Å². The van der Waals surface area contributed by atoms with Gasteiger partial charge < -0.3 is 0 Å². The smallest absolute Gasteiger partial charge is 0.211 e. The molecule has 1 saturated heterocycles. The molecule has 1 radical (unpaired) electrons. The Labute approximate surface area is 79.5 Å². The molecule has 1 heterocycles. The highest BCUT2D eigenvalue weighted by molar-refractivity contribution is 8.18. The fourth-order valence-corrected chi connectivity index (χ4v) is 3.87. The highest BCUT2D eigenvalue weighted by atomic mass is 32.2. The molecule has 13 heavy (non-hydrogen) atoms. The van der Waals surface area contributed by atoms with Gasteiger partial charge in [0.25, 0.3) is 0 Å². The van der Waals surface area contributed by atoms with Crippen molar-refractivity contribution in [1.82, 2.24) is 0 Å². The topological polar surface area (TPSA) is 58.9 Å². The zero-order chi connectivity index (χ0) is 9.68. The third-order valence-electron chi connectivity index (χ3n) is 2.11. The summed E-state index contributed by atoms with van der Waals surface area (Å²) in [5.41, 5.74) is 0. The predicted molar refractivity (Wildman–Crippen MR) is 52.3 cm³/mol. The second-order valence-corrected chi connectivity index (χ2v) is 5.39. The van der Waals surface area contributed by atoms with E-state index in [1.165, 1.54) is 0 Å². The van der Waals surface area contributed by atoms with Crippen LogP contribution in [0.3, 0.4) is 0 Å². The van der Waals surface area contributed by atoms with E-state index < -0.39 is 10.9 Å². The van der Waals surface area contributed by atoms with E-state index in [4.69, 9.17) is 0 Å². The average molecular weight is 199 g/mol. The molecule has 0 bridgehead atoms. The minimum atomic E-state index is -0.551. The summed E-state index contributed by atoms with van der Waals surface area (Å²) < 4.78 is 0. The normalized spacial score (nSPS) is 34.7. The zero-order valence-corrected chi connectivity index (χ0v) is 8.04. The van der Waals surface area contributed by atoms with Crippen molar-refractivity contribution in [2.45, 2.75) is 23.6 Å². The number of isocyanates is 2. The summed E-state index contributed by atoms with van der Waals surface area (Å²) in [7, 11) is -0.551. The van der Waals surface area contributed by atoms with Crippen LogP contribution >= 0.6 is 10.9 Å². The molecule has 2 atom stereocenters. The van der Waals surface area contributed by atoms with Crippen molar-refractivity contribution in [1.29, 1.82) is 0 Å². The molecule has 1 aliphatic rings. The van der Waals surface area contributed by atoms with Gasteiger partial charge in [-0.05, 0) is 25.5 Å². The largest absolute Gasteiger partial charge is 0.236 e. The summed E-state index contributed by atoms with van der Waals surface area (Å²) >= 11 is 0. The van der Waals surface area contributed by atoms with Crippen LogP contribution in [-0.2, 0) is 9.59 Å². The monoisotopic (exact) mass is 199 g/mol. The van der Waals surface area contributed by atoms with Crippen molar-refractivity contribution in [2.75, 3.05) is 5.75 Å². The van der Waals surface area contributed by atoms with Crippen molar-refractivity contribution in [3.8, 4) is 0 Å². The lowest BCUT2D eigenvalue weighted by atomic mass is 10.3. The molecule has 71 valence electrons. The molecule has 1 rings (SSSR count). The Hall–Kier alpha value is -0.890. The number of carbonyl (C=O) groups excluding carboxylic acids is 2. The number of hydrogen-bond acceptors (Lipinski definition) is 4. The molecule has 4 nitrogen and oxygen atoms in total. The van der Waals surface area contributed by atoms with Crippen LogP contribution in [0.15, 0.2) is 9.98 Å². The quantitative estimate of drug-likeness (QED) is 0.418. The molecular weight excluding hydrogens is 188 g/mol. The standard InChI is InChI=1S/C8H11N2O2S/c1-2-13-7(9-5-11)3-4-8(13)10-6-12/h7-8,13H,1-4H2. The second-order valence-electron chi connectivity index (χ2n) is 2.72. The fraction of sp³-hybridized carbons (Fsp3) is 0.625. The van der Waals surface area contributed by atoms with Crippen LogP contribution in [-0.4, -0.2) is 28.7 Å². The van der Waals surface area contributed by atoms with Gasteiger partial charge in [0, 0.05) is 0 Å². The Morgan fingerprint density at radius 2 is 1.69 bits per heavy atom. The first kappa shape index (κ1) is 10.2. The maximum Gasteiger partial charge on any atom is 0.236 e. The van der Waals surface area contributed by atoms with E-state index >= 15 is 0 Å². The van der Waals surface area contributed by atoms with Gasteiger partial charge in [0.05, 0.1) is 10.7 Å². The molecule has 0 aromatic carbocycles. The molecule has 1 aliphatic heterocycles. The summed E-state index contributed by atoms with van der Waals surface area (Å²) in [6, 6.07) is 0. The summed E-state index contributed by atoms with van der Waals surface area (Å²) in [5, 5.41) is 0.0131. The lowest BCUT2D eigenvalue weighted by Crippen LogP contribution is -2.05. The zero-order valence-electron chi connectivity index (χ0n) is 7.14. The summed E-state index contributed by atoms with van der Waals surface area (Å²) in [6.07, 6.45) is 4.74. The van der Waals surface area contributed by atoms with Gasteiger partial charge in [0.2, 0.25) is 12.2 Å². The number of nitrogens with zero attached hydrogens (tertiary/aromatic N) is 2. The molecule has 5 heteroatoms. The second kappa shape index (κ2) is 4.97. The molecule has 0 N–H and O–H groups in total. The highest BCUT2D eigenvalue weighted by Gasteiger charge is 2.31. The Bertz CT molecular complexity index is 243. The fourth-order valence-electron chi connectivity index (χ4n) is 1.53.